The van der Waals surface area contributed by atoms with E-state index in [1.165, 1.54) is 0 Å². The molecule has 0 bridgehead atoms. The fourth-order valence-electron chi connectivity index (χ4n) is 3.06. The van der Waals surface area contributed by atoms with Crippen LogP contribution in [0, 0.1) is 0 Å². The fourth-order valence-corrected chi connectivity index (χ4v) is 3.22. The second kappa shape index (κ2) is 8.05. The Balaban J connectivity index is 1.53. The fraction of sp³-hybridized carbons (Fsp3) is 0.238. The Morgan fingerprint density at radius 2 is 2.00 bits per heavy atom. The summed E-state index contributed by atoms with van der Waals surface area (Å²) in [6.07, 6.45) is 3.60. The average Bonchev–Trinajstić information content (AvgIpc) is 3.16. The van der Waals surface area contributed by atoms with Gasteiger partial charge in [0, 0.05) is 24.3 Å². The Hall–Kier alpha value is -3.19. The number of rotatable bonds is 6. The molecule has 148 valence electrons. The molecule has 4 rings (SSSR count). The minimum absolute atomic E-state index is 0.189. The van der Waals surface area contributed by atoms with Crippen LogP contribution in [0.3, 0.4) is 0 Å². The lowest BCUT2D eigenvalue weighted by Crippen LogP contribution is -2.05. The highest BCUT2D eigenvalue weighted by molar-refractivity contribution is 6.28. The number of pyridine rings is 1. The predicted octanol–water partition coefficient (Wildman–Crippen LogP) is 4.74. The van der Waals surface area contributed by atoms with Crippen molar-refractivity contribution in [2.24, 2.45) is 0 Å². The largest absolute Gasteiger partial charge is 0.497 e. The minimum Gasteiger partial charge on any atom is -0.497 e. The van der Waals surface area contributed by atoms with E-state index in [-0.39, 0.29) is 11.3 Å². The Labute approximate surface area is 173 Å². The van der Waals surface area contributed by atoms with Gasteiger partial charge in [0.05, 0.1) is 19.1 Å². The van der Waals surface area contributed by atoms with Gasteiger partial charge in [0.15, 0.2) is 17.0 Å². The maximum atomic E-state index is 6.13. The van der Waals surface area contributed by atoms with Gasteiger partial charge < -0.3 is 14.6 Å². The highest BCUT2D eigenvalue weighted by Crippen LogP contribution is 2.25. The number of imidazole rings is 1. The number of anilines is 1. The molecule has 0 spiro atoms. The number of ether oxygens (including phenoxy) is 1. The van der Waals surface area contributed by atoms with Crippen LogP contribution < -0.4 is 10.1 Å². The van der Waals surface area contributed by atoms with Crippen molar-refractivity contribution in [3.05, 3.63) is 59.8 Å². The third-order valence-corrected chi connectivity index (χ3v) is 4.77. The van der Waals surface area contributed by atoms with Crippen LogP contribution in [-0.4, -0.2) is 31.6 Å². The Morgan fingerprint density at radius 3 is 2.72 bits per heavy atom. The van der Waals surface area contributed by atoms with E-state index in [2.05, 4.69) is 39.1 Å². The summed E-state index contributed by atoms with van der Waals surface area (Å²) in [5.41, 5.74) is 4.32. The van der Waals surface area contributed by atoms with Gasteiger partial charge in [-0.1, -0.05) is 18.2 Å². The molecule has 0 fully saturated rings. The smallest absolute Gasteiger partial charge is 0.226 e. The molecule has 3 heterocycles. The van der Waals surface area contributed by atoms with Crippen LogP contribution in [0.15, 0.2) is 48.9 Å². The highest BCUT2D eigenvalue weighted by atomic mass is 35.5. The summed E-state index contributed by atoms with van der Waals surface area (Å²) in [5, 5.41) is 3.49. The molecule has 7 nitrogen and oxygen atoms in total. The predicted molar refractivity (Wildman–Crippen MR) is 114 cm³/mol. The standard InChI is InChI=1S/C21H21ClN6O/c1-13(2)28-12-25-18-19(26-21(22)27-20(18)28)24-11-14-7-8-17(23-10-14)15-5-4-6-16(9-15)29-3/h4-10,12-13H,11H2,1-3H3,(H,24,26,27). The highest BCUT2D eigenvalue weighted by Gasteiger charge is 2.14. The van der Waals surface area contributed by atoms with Gasteiger partial charge in [-0.3, -0.25) is 4.98 Å². The number of hydrogen-bond donors (Lipinski definition) is 1. The van der Waals surface area contributed by atoms with Crippen molar-refractivity contribution in [3.63, 3.8) is 0 Å². The number of methoxy groups -OCH3 is 1. The van der Waals surface area contributed by atoms with E-state index < -0.39 is 0 Å². The molecule has 0 unspecified atom stereocenters. The molecule has 29 heavy (non-hydrogen) atoms. The second-order valence-electron chi connectivity index (χ2n) is 6.90. The molecular formula is C21H21ClN6O. The molecule has 0 atom stereocenters. The van der Waals surface area contributed by atoms with Crippen LogP contribution in [0.4, 0.5) is 5.82 Å². The zero-order chi connectivity index (χ0) is 20.4. The third kappa shape index (κ3) is 4.00. The first-order valence-corrected chi connectivity index (χ1v) is 9.66. The molecule has 1 N–H and O–H groups in total. The molecule has 0 aliphatic carbocycles. The van der Waals surface area contributed by atoms with Gasteiger partial charge in [-0.2, -0.15) is 9.97 Å². The molecule has 4 aromatic rings. The third-order valence-electron chi connectivity index (χ3n) is 4.60. The number of fused-ring (bicyclic) bond motifs is 1. The van der Waals surface area contributed by atoms with E-state index in [4.69, 9.17) is 16.3 Å². The van der Waals surface area contributed by atoms with E-state index in [0.29, 0.717) is 23.5 Å². The number of nitrogens with zero attached hydrogens (tertiary/aromatic N) is 5. The first kappa shape index (κ1) is 19.1. The molecule has 1 aromatic carbocycles. The van der Waals surface area contributed by atoms with Crippen molar-refractivity contribution in [1.82, 2.24) is 24.5 Å². The van der Waals surface area contributed by atoms with Crippen LogP contribution in [0.2, 0.25) is 5.28 Å². The van der Waals surface area contributed by atoms with E-state index in [1.54, 1.807) is 13.4 Å². The van der Waals surface area contributed by atoms with Crippen molar-refractivity contribution in [2.75, 3.05) is 12.4 Å². The zero-order valence-electron chi connectivity index (χ0n) is 16.4. The van der Waals surface area contributed by atoms with Gasteiger partial charge in [0.1, 0.15) is 5.75 Å². The summed E-state index contributed by atoms with van der Waals surface area (Å²) in [4.78, 5) is 17.7. The summed E-state index contributed by atoms with van der Waals surface area (Å²) in [5.74, 6) is 1.41. The first-order valence-electron chi connectivity index (χ1n) is 9.28. The molecule has 8 heteroatoms. The molecular weight excluding hydrogens is 388 g/mol. The van der Waals surface area contributed by atoms with Crippen molar-refractivity contribution >= 4 is 28.6 Å². The maximum Gasteiger partial charge on any atom is 0.226 e. The Morgan fingerprint density at radius 1 is 1.14 bits per heavy atom. The second-order valence-corrected chi connectivity index (χ2v) is 7.23. The van der Waals surface area contributed by atoms with E-state index >= 15 is 0 Å². The lowest BCUT2D eigenvalue weighted by Gasteiger charge is -2.10. The zero-order valence-corrected chi connectivity index (χ0v) is 17.2. The lowest BCUT2D eigenvalue weighted by molar-refractivity contribution is 0.415. The van der Waals surface area contributed by atoms with Crippen LogP contribution in [-0.2, 0) is 6.54 Å². The Bertz CT molecular complexity index is 1140. The normalized spacial score (nSPS) is 11.2. The molecule has 0 amide bonds. The molecule has 0 saturated carbocycles. The van der Waals surface area contributed by atoms with Crippen molar-refractivity contribution < 1.29 is 4.74 Å². The quantitative estimate of drug-likeness (QED) is 0.464. The molecule has 0 aliphatic heterocycles. The maximum absolute atomic E-state index is 6.13. The molecule has 3 aromatic heterocycles. The molecule has 0 radical (unpaired) electrons. The number of hydrogen-bond acceptors (Lipinski definition) is 6. The van der Waals surface area contributed by atoms with Crippen molar-refractivity contribution in [3.8, 4) is 17.0 Å². The summed E-state index contributed by atoms with van der Waals surface area (Å²) in [6, 6.07) is 12.1. The number of aromatic nitrogens is 5. The van der Waals surface area contributed by atoms with E-state index in [9.17, 15) is 0 Å². The molecule has 0 saturated heterocycles. The SMILES string of the molecule is COc1cccc(-c2ccc(CNc3nc(Cl)nc4c3ncn4C(C)C)cn2)c1. The van der Waals surface area contributed by atoms with Crippen LogP contribution >= 0.6 is 11.6 Å². The van der Waals surface area contributed by atoms with Crippen molar-refractivity contribution in [1.29, 1.82) is 0 Å². The van der Waals surface area contributed by atoms with Crippen LogP contribution in [0.5, 0.6) is 5.75 Å². The summed E-state index contributed by atoms with van der Waals surface area (Å²) < 4.78 is 7.25. The van der Waals surface area contributed by atoms with Crippen molar-refractivity contribution in [2.45, 2.75) is 26.4 Å². The van der Waals surface area contributed by atoms with Gasteiger partial charge in [0.2, 0.25) is 5.28 Å². The van der Waals surface area contributed by atoms with Gasteiger partial charge in [-0.25, -0.2) is 4.98 Å². The summed E-state index contributed by atoms with van der Waals surface area (Å²) in [7, 11) is 1.65. The van der Waals surface area contributed by atoms with Gasteiger partial charge >= 0.3 is 0 Å². The van der Waals surface area contributed by atoms with Gasteiger partial charge in [0.25, 0.3) is 0 Å². The Kier molecular flexibility index (Phi) is 5.31. The van der Waals surface area contributed by atoms with E-state index in [0.717, 1.165) is 22.6 Å². The topological polar surface area (TPSA) is 77.8 Å². The van der Waals surface area contributed by atoms with Gasteiger partial charge in [-0.15, -0.1) is 0 Å². The average molecular weight is 409 g/mol. The monoisotopic (exact) mass is 408 g/mol. The van der Waals surface area contributed by atoms with Crippen LogP contribution in [0.25, 0.3) is 22.4 Å². The van der Waals surface area contributed by atoms with Crippen LogP contribution in [0.1, 0.15) is 25.5 Å². The number of halogens is 1. The molecule has 0 aliphatic rings. The van der Waals surface area contributed by atoms with Gasteiger partial charge in [-0.05, 0) is 49.2 Å². The number of benzene rings is 1. The lowest BCUT2D eigenvalue weighted by atomic mass is 10.1. The summed E-state index contributed by atoms with van der Waals surface area (Å²) >= 11 is 6.13. The first-order chi connectivity index (χ1) is 14.0. The summed E-state index contributed by atoms with van der Waals surface area (Å²) in [6.45, 7) is 4.68. The number of nitrogens with one attached hydrogen (secondary N) is 1. The van der Waals surface area contributed by atoms with E-state index in [1.807, 2.05) is 47.2 Å². The minimum atomic E-state index is 0.189.